The Morgan fingerprint density at radius 3 is 2.55 bits per heavy atom. The number of pyridine rings is 1. The van der Waals surface area contributed by atoms with Crippen LogP contribution in [0.4, 0.5) is 11.5 Å². The summed E-state index contributed by atoms with van der Waals surface area (Å²) in [5.41, 5.74) is 7.51. The molecule has 7 heteroatoms. The number of carbonyl (C=O) groups excluding carboxylic acids is 1. The first kappa shape index (κ1) is 19.9. The van der Waals surface area contributed by atoms with E-state index in [0.29, 0.717) is 11.6 Å². The number of nitrogens with two attached hydrogens (primary N) is 1. The fraction of sp³-hybridized carbons (Fsp3) is 0.136. The predicted molar refractivity (Wildman–Crippen MR) is 115 cm³/mol. The lowest BCUT2D eigenvalue weighted by Crippen LogP contribution is -2.23. The van der Waals surface area contributed by atoms with Crippen LogP contribution in [0.15, 0.2) is 77.8 Å². The van der Waals surface area contributed by atoms with Gasteiger partial charge in [0, 0.05) is 23.9 Å². The minimum Gasteiger partial charge on any atom is -0.457 e. The van der Waals surface area contributed by atoms with Crippen LogP contribution in [0.3, 0.4) is 0 Å². The van der Waals surface area contributed by atoms with Gasteiger partial charge in [0.2, 0.25) is 5.91 Å². The summed E-state index contributed by atoms with van der Waals surface area (Å²) in [6.07, 6.45) is 0.204. The van der Waals surface area contributed by atoms with Crippen LogP contribution in [0.5, 0.6) is 11.5 Å². The Morgan fingerprint density at radius 1 is 1.00 bits per heavy atom. The molecule has 3 aromatic rings. The Morgan fingerprint density at radius 2 is 1.76 bits per heavy atom. The summed E-state index contributed by atoms with van der Waals surface area (Å²) in [5.74, 6) is 2.01. The van der Waals surface area contributed by atoms with Crippen molar-refractivity contribution in [2.75, 3.05) is 17.2 Å². The number of hydrogen-bond donors (Lipinski definition) is 3. The molecule has 1 amide bonds. The van der Waals surface area contributed by atoms with Gasteiger partial charge in [0.05, 0.1) is 6.54 Å². The first-order valence-electron chi connectivity index (χ1n) is 9.22. The van der Waals surface area contributed by atoms with Crippen LogP contribution in [0.1, 0.15) is 12.1 Å². The molecule has 3 rings (SSSR count). The minimum atomic E-state index is -0.169. The number of guanidine groups is 1. The van der Waals surface area contributed by atoms with Crippen molar-refractivity contribution in [1.82, 2.24) is 4.98 Å². The highest BCUT2D eigenvalue weighted by Gasteiger charge is 2.04. The van der Waals surface area contributed by atoms with E-state index in [9.17, 15) is 4.79 Å². The molecule has 0 fully saturated rings. The average Bonchev–Trinajstić information content (AvgIpc) is 2.69. The second kappa shape index (κ2) is 9.89. The number of nitrogens with zero attached hydrogens (tertiary/aromatic N) is 2. The Hall–Kier alpha value is -3.87. The molecule has 148 valence electrons. The maximum Gasteiger partial charge on any atom is 0.227 e. The standard InChI is InChI=1S/C22H23N5O2/c1-16-7-5-12-20(25-16)27-21(28)13-14-24-22(23)26-17-8-6-11-19(15-17)29-18-9-3-2-4-10-18/h2-12,15H,13-14H2,1H3,(H3,23,24,26)(H,25,27,28). The van der Waals surface area contributed by atoms with Crippen molar-refractivity contribution in [3.05, 3.63) is 78.5 Å². The molecule has 0 atom stereocenters. The van der Waals surface area contributed by atoms with Gasteiger partial charge < -0.3 is 21.1 Å². The molecular formula is C22H23N5O2. The third-order valence-corrected chi connectivity index (χ3v) is 3.86. The fourth-order valence-electron chi connectivity index (χ4n) is 2.55. The van der Waals surface area contributed by atoms with Crippen molar-refractivity contribution < 1.29 is 9.53 Å². The molecule has 1 heterocycles. The lowest BCUT2D eigenvalue weighted by Gasteiger charge is -2.09. The van der Waals surface area contributed by atoms with Gasteiger partial charge >= 0.3 is 0 Å². The van der Waals surface area contributed by atoms with Gasteiger partial charge in [0.1, 0.15) is 17.3 Å². The van der Waals surface area contributed by atoms with Crippen LogP contribution in [0.25, 0.3) is 0 Å². The number of amides is 1. The number of aryl methyl sites for hydroxylation is 1. The van der Waals surface area contributed by atoms with Crippen LogP contribution in [0.2, 0.25) is 0 Å². The Balaban J connectivity index is 1.49. The largest absolute Gasteiger partial charge is 0.457 e. The normalized spacial score (nSPS) is 11.0. The summed E-state index contributed by atoms with van der Waals surface area (Å²) in [7, 11) is 0. The first-order chi connectivity index (χ1) is 14.1. The third-order valence-electron chi connectivity index (χ3n) is 3.86. The summed E-state index contributed by atoms with van der Waals surface area (Å²) >= 11 is 0. The molecule has 2 aromatic carbocycles. The van der Waals surface area contributed by atoms with Crippen molar-refractivity contribution in [1.29, 1.82) is 0 Å². The zero-order valence-electron chi connectivity index (χ0n) is 16.1. The number of ether oxygens (including phenoxy) is 1. The molecule has 0 spiro atoms. The Kier molecular flexibility index (Phi) is 6.78. The molecule has 0 aliphatic rings. The molecule has 1 aromatic heterocycles. The highest BCUT2D eigenvalue weighted by Crippen LogP contribution is 2.23. The van der Waals surface area contributed by atoms with Crippen LogP contribution >= 0.6 is 0 Å². The van der Waals surface area contributed by atoms with Gasteiger partial charge in [-0.05, 0) is 43.3 Å². The molecule has 0 aliphatic carbocycles. The number of benzene rings is 2. The second-order valence-corrected chi connectivity index (χ2v) is 6.30. The van der Waals surface area contributed by atoms with Crippen LogP contribution in [0, 0.1) is 6.92 Å². The number of aliphatic imine (C=N–C) groups is 1. The first-order valence-corrected chi connectivity index (χ1v) is 9.22. The maximum absolute atomic E-state index is 12.0. The predicted octanol–water partition coefficient (Wildman–Crippen LogP) is 3.94. The fourth-order valence-corrected chi connectivity index (χ4v) is 2.55. The number of carbonyl (C=O) groups is 1. The molecule has 0 unspecified atom stereocenters. The van der Waals surface area contributed by atoms with E-state index < -0.39 is 0 Å². The summed E-state index contributed by atoms with van der Waals surface area (Å²) in [6.45, 7) is 2.13. The molecular weight excluding hydrogens is 366 g/mol. The lowest BCUT2D eigenvalue weighted by atomic mass is 10.3. The third kappa shape index (κ3) is 6.66. The highest BCUT2D eigenvalue weighted by molar-refractivity contribution is 5.93. The van der Waals surface area contributed by atoms with Crippen molar-refractivity contribution in [2.45, 2.75) is 13.3 Å². The van der Waals surface area contributed by atoms with Gasteiger partial charge in [0.25, 0.3) is 0 Å². The van der Waals surface area contributed by atoms with Crippen LogP contribution < -0.4 is 21.1 Å². The lowest BCUT2D eigenvalue weighted by molar-refractivity contribution is -0.116. The number of rotatable bonds is 7. The molecule has 0 aliphatic heterocycles. The quantitative estimate of drug-likeness (QED) is 0.420. The van der Waals surface area contributed by atoms with E-state index in [4.69, 9.17) is 10.5 Å². The second-order valence-electron chi connectivity index (χ2n) is 6.30. The Bertz CT molecular complexity index is 989. The maximum atomic E-state index is 12.0. The molecule has 0 radical (unpaired) electrons. The summed E-state index contributed by atoms with van der Waals surface area (Å²) in [4.78, 5) is 20.4. The number of anilines is 2. The summed E-state index contributed by atoms with van der Waals surface area (Å²) in [5, 5.41) is 5.74. The Labute approximate surface area is 169 Å². The smallest absolute Gasteiger partial charge is 0.227 e. The zero-order valence-corrected chi connectivity index (χ0v) is 16.1. The summed E-state index contributed by atoms with van der Waals surface area (Å²) in [6, 6.07) is 22.4. The van der Waals surface area contributed by atoms with Crippen LogP contribution in [-0.4, -0.2) is 23.4 Å². The van der Waals surface area contributed by atoms with Crippen molar-refractivity contribution in [2.24, 2.45) is 10.7 Å². The number of aromatic nitrogens is 1. The van der Waals surface area contributed by atoms with Crippen molar-refractivity contribution in [3.8, 4) is 11.5 Å². The van der Waals surface area contributed by atoms with E-state index in [1.165, 1.54) is 0 Å². The van der Waals surface area contributed by atoms with Gasteiger partial charge in [-0.1, -0.05) is 30.3 Å². The van der Waals surface area contributed by atoms with Crippen molar-refractivity contribution >= 4 is 23.4 Å². The molecule has 0 saturated heterocycles. The topological polar surface area (TPSA) is 102 Å². The zero-order chi connectivity index (χ0) is 20.5. The molecule has 4 N–H and O–H groups in total. The van der Waals surface area contributed by atoms with E-state index >= 15 is 0 Å². The van der Waals surface area contributed by atoms with E-state index in [1.807, 2.05) is 73.7 Å². The van der Waals surface area contributed by atoms with E-state index in [0.717, 1.165) is 17.1 Å². The SMILES string of the molecule is Cc1cccc(NC(=O)CCN=C(N)Nc2cccc(Oc3ccccc3)c2)n1. The van der Waals surface area contributed by atoms with E-state index in [-0.39, 0.29) is 24.8 Å². The number of nitrogens with one attached hydrogen (secondary N) is 2. The van der Waals surface area contributed by atoms with Crippen LogP contribution in [-0.2, 0) is 4.79 Å². The van der Waals surface area contributed by atoms with E-state index in [1.54, 1.807) is 6.07 Å². The van der Waals surface area contributed by atoms with Crippen molar-refractivity contribution in [3.63, 3.8) is 0 Å². The monoisotopic (exact) mass is 389 g/mol. The number of para-hydroxylation sites is 1. The van der Waals surface area contributed by atoms with Gasteiger partial charge in [-0.3, -0.25) is 9.79 Å². The molecule has 0 bridgehead atoms. The number of hydrogen-bond acceptors (Lipinski definition) is 4. The van der Waals surface area contributed by atoms with E-state index in [2.05, 4.69) is 20.6 Å². The van der Waals surface area contributed by atoms with Gasteiger partial charge in [-0.15, -0.1) is 0 Å². The van der Waals surface area contributed by atoms with Gasteiger partial charge in [-0.25, -0.2) is 4.98 Å². The molecule has 0 saturated carbocycles. The van der Waals surface area contributed by atoms with Gasteiger partial charge in [-0.2, -0.15) is 0 Å². The average molecular weight is 389 g/mol. The summed E-state index contributed by atoms with van der Waals surface area (Å²) < 4.78 is 5.80. The highest BCUT2D eigenvalue weighted by atomic mass is 16.5. The molecule has 29 heavy (non-hydrogen) atoms. The minimum absolute atomic E-state index is 0.169. The van der Waals surface area contributed by atoms with Gasteiger partial charge in [0.15, 0.2) is 5.96 Å². The molecule has 7 nitrogen and oxygen atoms in total.